The van der Waals surface area contributed by atoms with Gasteiger partial charge in [0.25, 0.3) is 0 Å². The van der Waals surface area contributed by atoms with Gasteiger partial charge in [-0.15, -0.1) is 11.8 Å². The molecule has 0 spiro atoms. The van der Waals surface area contributed by atoms with Gasteiger partial charge in [-0.05, 0) is 85.1 Å². The minimum atomic E-state index is 0.459. The third-order valence-electron chi connectivity index (χ3n) is 3.08. The molecule has 0 bridgehead atoms. The Kier molecular flexibility index (Phi) is 7.43. The number of nitrogens with zero attached hydrogens (tertiary/aromatic N) is 1. The second-order valence-electron chi connectivity index (χ2n) is 4.81. The molecule has 0 aromatic heterocycles. The smallest absolute Gasteiger partial charge is 0.198 e. The number of isothiocyanates is 1. The largest absolute Gasteiger partial charge is 0.445 e. The van der Waals surface area contributed by atoms with E-state index in [9.17, 15) is 0 Å². The molecular formula is C18H17NOS3. The summed E-state index contributed by atoms with van der Waals surface area (Å²) in [4.78, 5) is 5.16. The first-order chi connectivity index (χ1) is 11.2. The number of benzene rings is 2. The molecule has 0 fully saturated rings. The molecule has 0 amide bonds. The maximum atomic E-state index is 5.71. The van der Waals surface area contributed by atoms with E-state index in [1.165, 1.54) is 17.7 Å². The molecule has 0 heterocycles. The van der Waals surface area contributed by atoms with Crippen LogP contribution in [0.4, 0.5) is 5.69 Å². The number of unbranched alkanes of at least 4 members (excludes halogenated alkanes) is 1. The van der Waals surface area contributed by atoms with Crippen LogP contribution in [-0.2, 0) is 0 Å². The highest BCUT2D eigenvalue weighted by Gasteiger charge is 2.05. The van der Waals surface area contributed by atoms with Crippen LogP contribution in [0.15, 0.2) is 58.4 Å². The summed E-state index contributed by atoms with van der Waals surface area (Å²) >= 11 is 11.8. The number of thiocarbonyl (C=S) groups is 2. The number of hydrogen-bond donors (Lipinski definition) is 0. The first-order valence-electron chi connectivity index (χ1n) is 7.36. The highest BCUT2D eigenvalue weighted by molar-refractivity contribution is 7.99. The lowest BCUT2D eigenvalue weighted by Gasteiger charge is -2.08. The van der Waals surface area contributed by atoms with Gasteiger partial charge in [-0.2, -0.15) is 4.99 Å². The number of ether oxygens (including phenoxy) is 1. The van der Waals surface area contributed by atoms with Gasteiger partial charge in [-0.3, -0.25) is 0 Å². The van der Waals surface area contributed by atoms with Crippen LogP contribution in [0.2, 0.25) is 0 Å². The van der Waals surface area contributed by atoms with E-state index in [1.807, 2.05) is 48.2 Å². The average molecular weight is 360 g/mol. The molecule has 0 atom stereocenters. The van der Waals surface area contributed by atoms with Gasteiger partial charge in [0.15, 0.2) is 5.05 Å². The molecule has 0 aliphatic carbocycles. The van der Waals surface area contributed by atoms with Crippen molar-refractivity contribution in [2.24, 2.45) is 4.99 Å². The van der Waals surface area contributed by atoms with Crippen LogP contribution >= 0.6 is 36.2 Å². The molecule has 0 aliphatic heterocycles. The zero-order chi connectivity index (χ0) is 16.5. The summed E-state index contributed by atoms with van der Waals surface area (Å²) < 4.78 is 5.71. The quantitative estimate of drug-likeness (QED) is 0.259. The van der Waals surface area contributed by atoms with Crippen LogP contribution in [0.3, 0.4) is 0 Å². The lowest BCUT2D eigenvalue weighted by Crippen LogP contribution is -2.06. The first-order valence-corrected chi connectivity index (χ1v) is 9.16. The van der Waals surface area contributed by atoms with Crippen molar-refractivity contribution in [3.8, 4) is 5.75 Å². The SMILES string of the molecule is CCCCSc1ccc(C(=S)Oc2ccc(N=C=S)cc2)cc1. The van der Waals surface area contributed by atoms with E-state index in [0.717, 1.165) is 17.0 Å². The standard InChI is InChI=1S/C18H17NOS3/c1-2-3-12-23-17-10-4-14(5-11-17)18(22)20-16-8-6-15(7-9-16)19-13-21/h4-11H,2-3,12H2,1H3. The van der Waals surface area contributed by atoms with E-state index in [-0.39, 0.29) is 0 Å². The second kappa shape index (κ2) is 9.58. The highest BCUT2D eigenvalue weighted by atomic mass is 32.2. The monoisotopic (exact) mass is 359 g/mol. The van der Waals surface area contributed by atoms with Crippen molar-refractivity contribution in [1.29, 1.82) is 0 Å². The van der Waals surface area contributed by atoms with E-state index < -0.39 is 0 Å². The van der Waals surface area contributed by atoms with Gasteiger partial charge in [0, 0.05) is 10.5 Å². The molecule has 5 heteroatoms. The van der Waals surface area contributed by atoms with Gasteiger partial charge < -0.3 is 4.74 Å². The Morgan fingerprint density at radius 3 is 2.43 bits per heavy atom. The van der Waals surface area contributed by atoms with E-state index >= 15 is 0 Å². The summed E-state index contributed by atoms with van der Waals surface area (Å²) in [6.45, 7) is 2.20. The summed E-state index contributed by atoms with van der Waals surface area (Å²) in [5, 5.41) is 2.79. The normalized spacial score (nSPS) is 9.96. The van der Waals surface area contributed by atoms with Gasteiger partial charge >= 0.3 is 0 Å². The number of hydrogen-bond acceptors (Lipinski definition) is 5. The Morgan fingerprint density at radius 1 is 1.13 bits per heavy atom. The fourth-order valence-electron chi connectivity index (χ4n) is 1.83. The van der Waals surface area contributed by atoms with Gasteiger partial charge in [0.1, 0.15) is 5.75 Å². The van der Waals surface area contributed by atoms with Gasteiger partial charge in [-0.25, -0.2) is 0 Å². The van der Waals surface area contributed by atoms with Crippen LogP contribution in [0.5, 0.6) is 5.75 Å². The summed E-state index contributed by atoms with van der Waals surface area (Å²) in [6, 6.07) is 15.4. The maximum Gasteiger partial charge on any atom is 0.198 e. The molecule has 0 N–H and O–H groups in total. The van der Waals surface area contributed by atoms with Crippen molar-refractivity contribution < 1.29 is 4.74 Å². The third-order valence-corrected chi connectivity index (χ3v) is 4.59. The second-order valence-corrected chi connectivity index (χ2v) is 6.53. The molecule has 2 aromatic carbocycles. The summed E-state index contributed by atoms with van der Waals surface area (Å²) in [5.41, 5.74) is 1.65. The molecule has 2 aromatic rings. The fraction of sp³-hybridized carbons (Fsp3) is 0.222. The van der Waals surface area contributed by atoms with Crippen molar-refractivity contribution in [2.75, 3.05) is 5.75 Å². The molecule has 2 rings (SSSR count). The van der Waals surface area contributed by atoms with E-state index in [2.05, 4.69) is 41.4 Å². The zero-order valence-electron chi connectivity index (χ0n) is 12.8. The van der Waals surface area contributed by atoms with E-state index in [1.54, 1.807) is 0 Å². The molecule has 0 saturated heterocycles. The van der Waals surface area contributed by atoms with Crippen LogP contribution in [-0.4, -0.2) is 16.0 Å². The van der Waals surface area contributed by atoms with Crippen LogP contribution in [0, 0.1) is 0 Å². The van der Waals surface area contributed by atoms with Crippen molar-refractivity contribution in [3.63, 3.8) is 0 Å². The van der Waals surface area contributed by atoms with Crippen molar-refractivity contribution >= 4 is 52.1 Å². The Hall–Kier alpha value is -1.52. The van der Waals surface area contributed by atoms with Crippen LogP contribution < -0.4 is 4.74 Å². The van der Waals surface area contributed by atoms with Crippen LogP contribution in [0.25, 0.3) is 0 Å². The lowest BCUT2D eigenvalue weighted by atomic mass is 10.2. The molecule has 23 heavy (non-hydrogen) atoms. The summed E-state index contributed by atoms with van der Waals surface area (Å²) in [7, 11) is 0. The molecule has 0 unspecified atom stereocenters. The maximum absolute atomic E-state index is 5.71. The third kappa shape index (κ3) is 5.88. The predicted octanol–water partition coefficient (Wildman–Crippen LogP) is 6.07. The first kappa shape index (κ1) is 17.8. The Labute approximate surface area is 152 Å². The highest BCUT2D eigenvalue weighted by Crippen LogP contribution is 2.22. The number of rotatable bonds is 7. The van der Waals surface area contributed by atoms with Crippen molar-refractivity contribution in [2.45, 2.75) is 24.7 Å². The Balaban J connectivity index is 1.95. The lowest BCUT2D eigenvalue weighted by molar-refractivity contribution is 0.566. The van der Waals surface area contributed by atoms with Crippen LogP contribution in [0.1, 0.15) is 25.3 Å². The number of aliphatic imine (C=N–C) groups is 1. The Morgan fingerprint density at radius 2 is 1.83 bits per heavy atom. The zero-order valence-corrected chi connectivity index (χ0v) is 15.3. The molecule has 0 radical (unpaired) electrons. The van der Waals surface area contributed by atoms with Gasteiger partial charge in [0.2, 0.25) is 0 Å². The molecule has 118 valence electrons. The summed E-state index contributed by atoms with van der Waals surface area (Å²) in [5.74, 6) is 1.83. The van der Waals surface area contributed by atoms with E-state index in [0.29, 0.717) is 10.8 Å². The van der Waals surface area contributed by atoms with Crippen molar-refractivity contribution in [3.05, 3.63) is 54.1 Å². The van der Waals surface area contributed by atoms with Gasteiger partial charge in [-0.1, -0.05) is 13.3 Å². The molecular weight excluding hydrogens is 342 g/mol. The molecule has 0 saturated carbocycles. The van der Waals surface area contributed by atoms with Gasteiger partial charge in [0.05, 0.1) is 10.8 Å². The summed E-state index contributed by atoms with van der Waals surface area (Å²) in [6.07, 6.45) is 2.45. The fourth-order valence-corrected chi connectivity index (χ4v) is 3.16. The van der Waals surface area contributed by atoms with E-state index in [4.69, 9.17) is 17.0 Å². The Bertz CT molecular complexity index is 689. The minimum Gasteiger partial charge on any atom is -0.445 e. The molecule has 0 aliphatic rings. The minimum absolute atomic E-state index is 0.459. The molecule has 2 nitrogen and oxygen atoms in total. The van der Waals surface area contributed by atoms with Crippen molar-refractivity contribution in [1.82, 2.24) is 0 Å². The number of thioether (sulfide) groups is 1. The predicted molar refractivity (Wildman–Crippen MR) is 106 cm³/mol. The average Bonchev–Trinajstić information content (AvgIpc) is 2.58. The topological polar surface area (TPSA) is 21.6 Å².